The number of nitrogens with one attached hydrogen (secondary N) is 1. The van der Waals surface area contributed by atoms with E-state index >= 15 is 0 Å². The molecule has 0 saturated heterocycles. The summed E-state index contributed by atoms with van der Waals surface area (Å²) >= 11 is 0. The number of esters is 1. The van der Waals surface area contributed by atoms with Crippen LogP contribution in [0, 0.1) is 0 Å². The van der Waals surface area contributed by atoms with Crippen molar-refractivity contribution in [1.29, 1.82) is 0 Å². The van der Waals surface area contributed by atoms with Gasteiger partial charge in [0.15, 0.2) is 0 Å². The normalized spacial score (nSPS) is 23.7. The summed E-state index contributed by atoms with van der Waals surface area (Å²) in [4.78, 5) is 11.3. The van der Waals surface area contributed by atoms with E-state index in [1.54, 1.807) is 6.07 Å². The maximum atomic E-state index is 11.3. The van der Waals surface area contributed by atoms with Crippen LogP contribution in [0.5, 0.6) is 0 Å². The van der Waals surface area contributed by atoms with Crippen molar-refractivity contribution in [1.82, 2.24) is 5.32 Å². The van der Waals surface area contributed by atoms with Crippen LogP contribution in [0.25, 0.3) is 0 Å². The van der Waals surface area contributed by atoms with Gasteiger partial charge in [-0.3, -0.25) is 0 Å². The molecule has 1 aromatic heterocycles. The van der Waals surface area contributed by atoms with Crippen molar-refractivity contribution >= 4 is 5.97 Å². The predicted octanol–water partition coefficient (Wildman–Crippen LogP) is 2.28. The molecule has 0 aromatic carbocycles. The highest BCUT2D eigenvalue weighted by Crippen LogP contribution is 2.26. The van der Waals surface area contributed by atoms with Crippen LogP contribution in [-0.4, -0.2) is 31.8 Å². The van der Waals surface area contributed by atoms with E-state index in [9.17, 15) is 4.79 Å². The van der Waals surface area contributed by atoms with Gasteiger partial charge in [-0.15, -0.1) is 0 Å². The van der Waals surface area contributed by atoms with Gasteiger partial charge in [0.2, 0.25) is 5.76 Å². The standard InChI is InChI=1S/C14H21NO4/c1-4-18-11-7-10(8-11)15-9(2)12-5-6-13(19-12)14(16)17-3/h5-6,9-11,15H,4,7-8H2,1-3H3. The number of hydrogen-bond donors (Lipinski definition) is 1. The molecule has 106 valence electrons. The molecule has 5 heteroatoms. The fourth-order valence-corrected chi connectivity index (χ4v) is 2.31. The Morgan fingerprint density at radius 3 is 2.89 bits per heavy atom. The first-order valence-electron chi connectivity index (χ1n) is 6.69. The van der Waals surface area contributed by atoms with Crippen LogP contribution in [0.2, 0.25) is 0 Å². The van der Waals surface area contributed by atoms with E-state index in [4.69, 9.17) is 9.15 Å². The van der Waals surface area contributed by atoms with E-state index in [2.05, 4.69) is 10.1 Å². The zero-order valence-corrected chi connectivity index (χ0v) is 11.6. The maximum Gasteiger partial charge on any atom is 0.373 e. The molecular formula is C14H21NO4. The fraction of sp³-hybridized carbons (Fsp3) is 0.643. The van der Waals surface area contributed by atoms with E-state index in [0.29, 0.717) is 12.1 Å². The van der Waals surface area contributed by atoms with Crippen molar-refractivity contribution in [2.24, 2.45) is 0 Å². The van der Waals surface area contributed by atoms with Crippen LogP contribution in [0.4, 0.5) is 0 Å². The van der Waals surface area contributed by atoms with E-state index in [1.165, 1.54) is 7.11 Å². The molecule has 0 spiro atoms. The predicted molar refractivity (Wildman–Crippen MR) is 70.0 cm³/mol. The highest BCUT2D eigenvalue weighted by atomic mass is 16.5. The molecule has 1 fully saturated rings. The van der Waals surface area contributed by atoms with Crippen LogP contribution >= 0.6 is 0 Å². The summed E-state index contributed by atoms with van der Waals surface area (Å²) < 4.78 is 15.6. The molecule has 0 amide bonds. The van der Waals surface area contributed by atoms with E-state index < -0.39 is 5.97 Å². The SMILES string of the molecule is CCOC1CC(NC(C)c2ccc(C(=O)OC)o2)C1. The number of carbonyl (C=O) groups is 1. The molecule has 1 atom stereocenters. The second kappa shape index (κ2) is 6.21. The number of ether oxygens (including phenoxy) is 2. The van der Waals surface area contributed by atoms with Crippen molar-refractivity contribution in [3.05, 3.63) is 23.7 Å². The lowest BCUT2D eigenvalue weighted by atomic mass is 9.88. The Morgan fingerprint density at radius 1 is 1.53 bits per heavy atom. The average molecular weight is 267 g/mol. The van der Waals surface area contributed by atoms with Gasteiger partial charge in [-0.1, -0.05) is 0 Å². The topological polar surface area (TPSA) is 60.7 Å². The van der Waals surface area contributed by atoms with E-state index in [1.807, 2.05) is 19.9 Å². The highest BCUT2D eigenvalue weighted by molar-refractivity contribution is 5.86. The molecular weight excluding hydrogens is 246 g/mol. The molecule has 1 aromatic rings. The van der Waals surface area contributed by atoms with Gasteiger partial charge < -0.3 is 19.2 Å². The summed E-state index contributed by atoms with van der Waals surface area (Å²) in [5.41, 5.74) is 0. The molecule has 5 nitrogen and oxygen atoms in total. The van der Waals surface area contributed by atoms with Crippen LogP contribution in [0.15, 0.2) is 16.5 Å². The number of hydrogen-bond acceptors (Lipinski definition) is 5. The van der Waals surface area contributed by atoms with Gasteiger partial charge in [-0.25, -0.2) is 4.79 Å². The van der Waals surface area contributed by atoms with Gasteiger partial charge >= 0.3 is 5.97 Å². The van der Waals surface area contributed by atoms with Crippen molar-refractivity contribution < 1.29 is 18.7 Å². The Bertz CT molecular complexity index is 423. The molecule has 1 aliphatic rings. The Labute approximate surface area is 113 Å². The number of furan rings is 1. The van der Waals surface area contributed by atoms with E-state index in [-0.39, 0.29) is 11.8 Å². The third-order valence-electron chi connectivity index (χ3n) is 3.42. The molecule has 1 unspecified atom stereocenters. The minimum atomic E-state index is -0.446. The lowest BCUT2D eigenvalue weighted by Crippen LogP contribution is -2.46. The summed E-state index contributed by atoms with van der Waals surface area (Å²) in [5.74, 6) is 0.547. The smallest absolute Gasteiger partial charge is 0.373 e. The Kier molecular flexibility index (Phi) is 4.61. The third-order valence-corrected chi connectivity index (χ3v) is 3.42. The van der Waals surface area contributed by atoms with Crippen molar-refractivity contribution in [2.45, 2.75) is 44.9 Å². The molecule has 2 rings (SSSR count). The molecule has 1 aliphatic carbocycles. The van der Waals surface area contributed by atoms with Crippen molar-refractivity contribution in [2.75, 3.05) is 13.7 Å². The van der Waals surface area contributed by atoms with Gasteiger partial charge in [-0.2, -0.15) is 0 Å². The first-order valence-corrected chi connectivity index (χ1v) is 6.69. The maximum absolute atomic E-state index is 11.3. The summed E-state index contributed by atoms with van der Waals surface area (Å²) in [6, 6.07) is 3.98. The molecule has 1 saturated carbocycles. The first-order chi connectivity index (χ1) is 9.13. The first kappa shape index (κ1) is 14.1. The Hall–Kier alpha value is -1.33. The van der Waals surface area contributed by atoms with E-state index in [0.717, 1.165) is 25.2 Å². The number of rotatable bonds is 6. The fourth-order valence-electron chi connectivity index (χ4n) is 2.31. The van der Waals surface area contributed by atoms with Gasteiger partial charge in [-0.05, 0) is 38.8 Å². The third kappa shape index (κ3) is 3.36. The van der Waals surface area contributed by atoms with Gasteiger partial charge in [0.25, 0.3) is 0 Å². The summed E-state index contributed by atoms with van der Waals surface area (Å²) in [7, 11) is 1.34. The molecule has 1 N–H and O–H groups in total. The zero-order chi connectivity index (χ0) is 13.8. The molecule has 0 bridgehead atoms. The van der Waals surface area contributed by atoms with Crippen LogP contribution in [0.3, 0.4) is 0 Å². The minimum absolute atomic E-state index is 0.0750. The Balaban J connectivity index is 1.82. The molecule has 1 heterocycles. The molecule has 0 radical (unpaired) electrons. The van der Waals surface area contributed by atoms with Crippen molar-refractivity contribution in [3.63, 3.8) is 0 Å². The average Bonchev–Trinajstić information content (AvgIpc) is 2.84. The van der Waals surface area contributed by atoms with Crippen molar-refractivity contribution in [3.8, 4) is 0 Å². The second-order valence-corrected chi connectivity index (χ2v) is 4.83. The summed E-state index contributed by atoms with van der Waals surface area (Å²) in [6.45, 7) is 4.81. The van der Waals surface area contributed by atoms with Gasteiger partial charge in [0.05, 0.1) is 19.3 Å². The zero-order valence-electron chi connectivity index (χ0n) is 11.6. The molecule has 0 aliphatic heterocycles. The van der Waals surface area contributed by atoms with Crippen LogP contribution in [0.1, 0.15) is 49.0 Å². The van der Waals surface area contributed by atoms with Crippen LogP contribution < -0.4 is 5.32 Å². The molecule has 19 heavy (non-hydrogen) atoms. The Morgan fingerprint density at radius 2 is 2.26 bits per heavy atom. The quantitative estimate of drug-likeness (QED) is 0.801. The minimum Gasteiger partial charge on any atom is -0.463 e. The largest absolute Gasteiger partial charge is 0.463 e. The van der Waals surface area contributed by atoms with Crippen LogP contribution in [-0.2, 0) is 9.47 Å². The number of methoxy groups -OCH3 is 1. The number of carbonyl (C=O) groups excluding carboxylic acids is 1. The highest BCUT2D eigenvalue weighted by Gasteiger charge is 2.31. The lowest BCUT2D eigenvalue weighted by Gasteiger charge is -2.37. The summed E-state index contributed by atoms with van der Waals surface area (Å²) in [5, 5.41) is 3.47. The van der Waals surface area contributed by atoms with Gasteiger partial charge in [0, 0.05) is 12.6 Å². The monoisotopic (exact) mass is 267 g/mol. The van der Waals surface area contributed by atoms with Gasteiger partial charge in [0.1, 0.15) is 5.76 Å². The lowest BCUT2D eigenvalue weighted by molar-refractivity contribution is -0.0125. The summed E-state index contributed by atoms with van der Waals surface area (Å²) in [6.07, 6.45) is 2.45. The second-order valence-electron chi connectivity index (χ2n) is 4.83.